The number of amides is 1. The second kappa shape index (κ2) is 5.73. The molecule has 0 aliphatic carbocycles. The minimum atomic E-state index is -1.03. The third kappa shape index (κ3) is 3.90. The zero-order valence-electron chi connectivity index (χ0n) is 9.24. The Balaban J connectivity index is 2.30. The van der Waals surface area contributed by atoms with Gasteiger partial charge < -0.3 is 10.0 Å². The molecule has 0 radical (unpaired) electrons. The molecular formula is C11H19NO3. The van der Waals surface area contributed by atoms with Crippen molar-refractivity contribution >= 4 is 11.9 Å². The molecule has 0 saturated carbocycles. The zero-order chi connectivity index (χ0) is 11.3. The molecule has 1 aliphatic heterocycles. The van der Waals surface area contributed by atoms with Crippen molar-refractivity contribution < 1.29 is 14.7 Å². The fraction of sp³-hybridized carbons (Fsp3) is 0.818. The summed E-state index contributed by atoms with van der Waals surface area (Å²) in [5.41, 5.74) is 0. The summed E-state index contributed by atoms with van der Waals surface area (Å²) in [7, 11) is 0. The summed E-state index contributed by atoms with van der Waals surface area (Å²) in [4.78, 5) is 23.5. The number of hydrogen-bond donors (Lipinski definition) is 1. The number of carbonyl (C=O) groups is 2. The summed E-state index contributed by atoms with van der Waals surface area (Å²) in [5.74, 6) is -0.544. The molecule has 0 aromatic carbocycles. The molecule has 1 N–H and O–H groups in total. The topological polar surface area (TPSA) is 57.6 Å². The fourth-order valence-electron chi connectivity index (χ4n) is 2.12. The van der Waals surface area contributed by atoms with Crippen molar-refractivity contribution in [1.29, 1.82) is 0 Å². The summed E-state index contributed by atoms with van der Waals surface area (Å²) < 4.78 is 0. The summed E-state index contributed by atoms with van der Waals surface area (Å²) in [5, 5.41) is 8.50. The maximum atomic E-state index is 11.4. The maximum absolute atomic E-state index is 11.4. The van der Waals surface area contributed by atoms with Crippen LogP contribution in [0.15, 0.2) is 0 Å². The number of nitrogens with zero attached hydrogens (tertiary/aromatic N) is 1. The van der Waals surface area contributed by atoms with Crippen LogP contribution in [0.4, 0.5) is 0 Å². The number of carboxylic acid groups (broad SMARTS) is 1. The first-order valence-corrected chi connectivity index (χ1v) is 5.63. The molecule has 4 heteroatoms. The molecule has 0 aromatic rings. The molecule has 86 valence electrons. The number of aliphatic carboxylic acids is 1. The standard InChI is InChI=1S/C11H19NO3/c1-2-3-9-4-6-12(7-5-9)10(13)8-11(14)15/h9H,2-8H2,1H3,(H,14,15). The summed E-state index contributed by atoms with van der Waals surface area (Å²) in [6, 6.07) is 0. The molecule has 1 heterocycles. The lowest BCUT2D eigenvalue weighted by atomic mass is 9.92. The summed E-state index contributed by atoms with van der Waals surface area (Å²) in [6.07, 6.45) is 4.10. The Hall–Kier alpha value is -1.06. The Morgan fingerprint density at radius 3 is 2.40 bits per heavy atom. The van der Waals surface area contributed by atoms with Crippen molar-refractivity contribution in [2.24, 2.45) is 5.92 Å². The van der Waals surface area contributed by atoms with Crippen molar-refractivity contribution in [3.8, 4) is 0 Å². The van der Waals surface area contributed by atoms with Crippen LogP contribution in [0.3, 0.4) is 0 Å². The number of hydrogen-bond acceptors (Lipinski definition) is 2. The zero-order valence-corrected chi connectivity index (χ0v) is 9.24. The SMILES string of the molecule is CCCC1CCN(C(=O)CC(=O)O)CC1. The third-order valence-corrected chi connectivity index (χ3v) is 2.97. The lowest BCUT2D eigenvalue weighted by Crippen LogP contribution is -2.39. The van der Waals surface area contributed by atoms with Gasteiger partial charge in [0.2, 0.25) is 5.91 Å². The van der Waals surface area contributed by atoms with E-state index in [1.54, 1.807) is 4.90 Å². The minimum Gasteiger partial charge on any atom is -0.481 e. The van der Waals surface area contributed by atoms with E-state index in [4.69, 9.17) is 5.11 Å². The van der Waals surface area contributed by atoms with Crippen LogP contribution >= 0.6 is 0 Å². The lowest BCUT2D eigenvalue weighted by molar-refractivity contribution is -0.144. The quantitative estimate of drug-likeness (QED) is 0.720. The van der Waals surface area contributed by atoms with Crippen LogP contribution in [-0.4, -0.2) is 35.0 Å². The van der Waals surface area contributed by atoms with Gasteiger partial charge in [0.05, 0.1) is 0 Å². The van der Waals surface area contributed by atoms with Gasteiger partial charge in [-0.15, -0.1) is 0 Å². The summed E-state index contributed by atoms with van der Waals surface area (Å²) in [6.45, 7) is 3.63. The summed E-state index contributed by atoms with van der Waals surface area (Å²) >= 11 is 0. The Labute approximate surface area is 90.3 Å². The molecule has 0 bridgehead atoms. The monoisotopic (exact) mass is 213 g/mol. The molecule has 0 atom stereocenters. The van der Waals surface area contributed by atoms with E-state index in [1.807, 2.05) is 0 Å². The number of carboxylic acids is 1. The molecule has 0 unspecified atom stereocenters. The highest BCUT2D eigenvalue weighted by molar-refractivity contribution is 5.93. The van der Waals surface area contributed by atoms with Crippen molar-refractivity contribution in [2.75, 3.05) is 13.1 Å². The first-order chi connectivity index (χ1) is 7.13. The lowest BCUT2D eigenvalue weighted by Gasteiger charge is -2.31. The van der Waals surface area contributed by atoms with Crippen LogP contribution in [0.5, 0.6) is 0 Å². The van der Waals surface area contributed by atoms with Crippen LogP contribution in [0.1, 0.15) is 39.0 Å². The molecule has 1 saturated heterocycles. The molecule has 1 aliphatic rings. The predicted octanol–water partition coefficient (Wildman–Crippen LogP) is 1.50. The number of likely N-dealkylation sites (tertiary alicyclic amines) is 1. The Bertz CT molecular complexity index is 232. The molecule has 15 heavy (non-hydrogen) atoms. The smallest absolute Gasteiger partial charge is 0.312 e. The van der Waals surface area contributed by atoms with Gasteiger partial charge in [0.1, 0.15) is 6.42 Å². The Morgan fingerprint density at radius 2 is 1.93 bits per heavy atom. The van der Waals surface area contributed by atoms with E-state index in [-0.39, 0.29) is 12.3 Å². The highest BCUT2D eigenvalue weighted by Crippen LogP contribution is 2.21. The Morgan fingerprint density at radius 1 is 1.33 bits per heavy atom. The maximum Gasteiger partial charge on any atom is 0.312 e. The predicted molar refractivity (Wildman–Crippen MR) is 56.5 cm³/mol. The first-order valence-electron chi connectivity index (χ1n) is 5.63. The average molecular weight is 213 g/mol. The first kappa shape index (κ1) is 12.0. The van der Waals surface area contributed by atoms with E-state index in [2.05, 4.69) is 6.92 Å². The van der Waals surface area contributed by atoms with E-state index in [0.29, 0.717) is 0 Å². The molecular weight excluding hydrogens is 194 g/mol. The number of piperidine rings is 1. The molecule has 0 spiro atoms. The van der Waals surface area contributed by atoms with E-state index < -0.39 is 5.97 Å². The molecule has 1 rings (SSSR count). The normalized spacial score (nSPS) is 17.8. The van der Waals surface area contributed by atoms with E-state index in [0.717, 1.165) is 31.8 Å². The van der Waals surface area contributed by atoms with Crippen molar-refractivity contribution in [1.82, 2.24) is 4.90 Å². The molecule has 1 amide bonds. The molecule has 4 nitrogen and oxygen atoms in total. The number of carbonyl (C=O) groups excluding carboxylic acids is 1. The van der Waals surface area contributed by atoms with E-state index >= 15 is 0 Å². The van der Waals surface area contributed by atoms with Gasteiger partial charge in [0.15, 0.2) is 0 Å². The van der Waals surface area contributed by atoms with Gasteiger partial charge in [0, 0.05) is 13.1 Å². The van der Waals surface area contributed by atoms with Crippen LogP contribution in [0.2, 0.25) is 0 Å². The third-order valence-electron chi connectivity index (χ3n) is 2.97. The average Bonchev–Trinajstić information content (AvgIpc) is 2.18. The van der Waals surface area contributed by atoms with Crippen molar-refractivity contribution in [2.45, 2.75) is 39.0 Å². The van der Waals surface area contributed by atoms with Gasteiger partial charge in [-0.1, -0.05) is 19.8 Å². The van der Waals surface area contributed by atoms with Crippen LogP contribution in [0.25, 0.3) is 0 Å². The molecule has 0 aromatic heterocycles. The van der Waals surface area contributed by atoms with Crippen LogP contribution in [-0.2, 0) is 9.59 Å². The second-order valence-electron chi connectivity index (χ2n) is 4.18. The molecule has 1 fully saturated rings. The van der Waals surface area contributed by atoms with Gasteiger partial charge >= 0.3 is 5.97 Å². The van der Waals surface area contributed by atoms with E-state index in [9.17, 15) is 9.59 Å². The highest BCUT2D eigenvalue weighted by Gasteiger charge is 2.23. The van der Waals surface area contributed by atoms with Crippen molar-refractivity contribution in [3.05, 3.63) is 0 Å². The number of rotatable bonds is 4. The van der Waals surface area contributed by atoms with Crippen LogP contribution in [0, 0.1) is 5.92 Å². The van der Waals surface area contributed by atoms with Gasteiger partial charge in [-0.25, -0.2) is 0 Å². The minimum absolute atomic E-state index is 0.238. The van der Waals surface area contributed by atoms with Gasteiger partial charge in [-0.05, 0) is 18.8 Å². The fourth-order valence-corrected chi connectivity index (χ4v) is 2.12. The second-order valence-corrected chi connectivity index (χ2v) is 4.18. The van der Waals surface area contributed by atoms with Gasteiger partial charge in [-0.2, -0.15) is 0 Å². The Kier molecular flexibility index (Phi) is 4.59. The highest BCUT2D eigenvalue weighted by atomic mass is 16.4. The van der Waals surface area contributed by atoms with Gasteiger partial charge in [-0.3, -0.25) is 9.59 Å². The largest absolute Gasteiger partial charge is 0.481 e. The van der Waals surface area contributed by atoms with Crippen LogP contribution < -0.4 is 0 Å². The van der Waals surface area contributed by atoms with Gasteiger partial charge in [0.25, 0.3) is 0 Å². The van der Waals surface area contributed by atoms with Crippen molar-refractivity contribution in [3.63, 3.8) is 0 Å². The van der Waals surface area contributed by atoms with E-state index in [1.165, 1.54) is 12.8 Å².